The molecule has 1 spiro atoms. The Balaban J connectivity index is 1.43. The summed E-state index contributed by atoms with van der Waals surface area (Å²) in [4.78, 5) is 28.6. The highest BCUT2D eigenvalue weighted by Crippen LogP contribution is 2.42. The van der Waals surface area contributed by atoms with Gasteiger partial charge in [0, 0.05) is 42.5 Å². The van der Waals surface area contributed by atoms with Crippen LogP contribution >= 0.6 is 11.3 Å². The van der Waals surface area contributed by atoms with Crippen LogP contribution in [0.4, 0.5) is 16.2 Å². The van der Waals surface area contributed by atoms with Crippen molar-refractivity contribution < 1.29 is 9.59 Å². The van der Waals surface area contributed by atoms with Crippen LogP contribution in [0.3, 0.4) is 0 Å². The molecule has 2 aliphatic rings. The van der Waals surface area contributed by atoms with Crippen LogP contribution in [0.15, 0.2) is 47.2 Å². The molecule has 2 fully saturated rings. The standard InChI is InChI=1S/C18H19N3O2S/c22-16-10-18(13-21(16)15-6-9-24-11-15)7-8-20(12-18)17(23)19-14-4-2-1-3-5-14/h1-6,9,11H,7-8,10,12-13H2,(H,19,23)/t18-/m1/s1. The predicted molar refractivity (Wildman–Crippen MR) is 95.4 cm³/mol. The molecule has 3 amide bonds. The van der Waals surface area contributed by atoms with E-state index in [4.69, 9.17) is 0 Å². The van der Waals surface area contributed by atoms with Gasteiger partial charge >= 0.3 is 6.03 Å². The van der Waals surface area contributed by atoms with Crippen LogP contribution in [0.2, 0.25) is 0 Å². The number of urea groups is 1. The molecule has 1 aromatic heterocycles. The van der Waals surface area contributed by atoms with E-state index in [1.165, 1.54) is 0 Å². The van der Waals surface area contributed by atoms with Crippen molar-refractivity contribution in [2.75, 3.05) is 29.9 Å². The van der Waals surface area contributed by atoms with Crippen LogP contribution in [-0.2, 0) is 4.79 Å². The van der Waals surface area contributed by atoms with Crippen molar-refractivity contribution in [3.8, 4) is 0 Å². The smallest absolute Gasteiger partial charge is 0.321 e. The molecule has 6 heteroatoms. The maximum Gasteiger partial charge on any atom is 0.321 e. The van der Waals surface area contributed by atoms with Gasteiger partial charge in [-0.3, -0.25) is 4.79 Å². The first-order valence-electron chi connectivity index (χ1n) is 8.09. The molecule has 1 aromatic carbocycles. The number of carbonyl (C=O) groups excluding carboxylic acids is 2. The summed E-state index contributed by atoms with van der Waals surface area (Å²) in [5.74, 6) is 0.165. The highest BCUT2D eigenvalue weighted by Gasteiger charge is 2.48. The molecule has 0 aliphatic carbocycles. The minimum atomic E-state index is -0.104. The van der Waals surface area contributed by atoms with E-state index in [1.54, 1.807) is 11.3 Å². The summed E-state index contributed by atoms with van der Waals surface area (Å²) in [5.41, 5.74) is 1.67. The summed E-state index contributed by atoms with van der Waals surface area (Å²) in [6.07, 6.45) is 1.40. The number of hydrogen-bond acceptors (Lipinski definition) is 3. The van der Waals surface area contributed by atoms with Gasteiger partial charge in [0.05, 0.1) is 5.69 Å². The van der Waals surface area contributed by atoms with E-state index in [0.717, 1.165) is 17.8 Å². The first-order chi connectivity index (χ1) is 11.7. The zero-order chi connectivity index (χ0) is 16.6. The summed E-state index contributed by atoms with van der Waals surface area (Å²) < 4.78 is 0. The number of nitrogens with zero attached hydrogens (tertiary/aromatic N) is 2. The third-order valence-corrected chi connectivity index (χ3v) is 5.56. The van der Waals surface area contributed by atoms with Crippen LogP contribution in [0.5, 0.6) is 0 Å². The Labute approximate surface area is 144 Å². The number of thiophene rings is 1. The van der Waals surface area contributed by atoms with Crippen molar-refractivity contribution >= 4 is 34.6 Å². The Morgan fingerprint density at radius 1 is 1.17 bits per heavy atom. The molecule has 2 aliphatic heterocycles. The molecule has 0 saturated carbocycles. The van der Waals surface area contributed by atoms with E-state index in [9.17, 15) is 9.59 Å². The molecule has 124 valence electrons. The predicted octanol–water partition coefficient (Wildman–Crippen LogP) is 3.41. The normalized spacial score (nSPS) is 23.2. The number of carbonyl (C=O) groups is 2. The third kappa shape index (κ3) is 2.78. The van der Waals surface area contributed by atoms with E-state index < -0.39 is 0 Å². The average Bonchev–Trinajstić information content (AvgIpc) is 3.30. The highest BCUT2D eigenvalue weighted by molar-refractivity contribution is 7.08. The molecule has 1 N–H and O–H groups in total. The minimum Gasteiger partial charge on any atom is -0.324 e. The maximum absolute atomic E-state index is 12.5. The molecule has 5 nitrogen and oxygen atoms in total. The summed E-state index contributed by atoms with van der Waals surface area (Å²) in [6, 6.07) is 11.4. The first kappa shape index (κ1) is 15.2. The number of hydrogen-bond donors (Lipinski definition) is 1. The summed E-state index contributed by atoms with van der Waals surface area (Å²) >= 11 is 1.60. The lowest BCUT2D eigenvalue weighted by Gasteiger charge is -2.24. The number of benzene rings is 1. The maximum atomic E-state index is 12.5. The van der Waals surface area contributed by atoms with Crippen LogP contribution in [0, 0.1) is 5.41 Å². The fourth-order valence-electron chi connectivity index (χ4n) is 3.65. The van der Waals surface area contributed by atoms with Crippen LogP contribution in [0.25, 0.3) is 0 Å². The Morgan fingerprint density at radius 2 is 2.00 bits per heavy atom. The fourth-order valence-corrected chi connectivity index (χ4v) is 4.29. The largest absolute Gasteiger partial charge is 0.324 e. The number of likely N-dealkylation sites (tertiary alicyclic amines) is 1. The van der Waals surface area contributed by atoms with Crippen molar-refractivity contribution in [3.63, 3.8) is 0 Å². The van der Waals surface area contributed by atoms with Crippen molar-refractivity contribution in [1.82, 2.24) is 4.90 Å². The van der Waals surface area contributed by atoms with Crippen molar-refractivity contribution in [1.29, 1.82) is 0 Å². The third-order valence-electron chi connectivity index (χ3n) is 4.89. The topological polar surface area (TPSA) is 52.7 Å². The molecule has 0 unspecified atom stereocenters. The van der Waals surface area contributed by atoms with Gasteiger partial charge in [-0.25, -0.2) is 4.79 Å². The molecule has 3 heterocycles. The molecule has 0 bridgehead atoms. The number of para-hydroxylation sites is 1. The zero-order valence-corrected chi connectivity index (χ0v) is 14.1. The van der Waals surface area contributed by atoms with Gasteiger partial charge in [-0.05, 0) is 30.0 Å². The van der Waals surface area contributed by atoms with E-state index in [2.05, 4.69) is 5.32 Å². The fraction of sp³-hybridized carbons (Fsp3) is 0.333. The SMILES string of the molecule is O=C(Nc1ccccc1)N1CC[C@@]2(CC(=O)N(c3ccsc3)C2)C1. The molecule has 2 aromatic rings. The second-order valence-electron chi connectivity index (χ2n) is 6.61. The van der Waals surface area contributed by atoms with Crippen LogP contribution in [0.1, 0.15) is 12.8 Å². The Hall–Kier alpha value is -2.34. The van der Waals surface area contributed by atoms with Gasteiger partial charge in [0.2, 0.25) is 5.91 Å². The van der Waals surface area contributed by atoms with E-state index >= 15 is 0 Å². The lowest BCUT2D eigenvalue weighted by atomic mass is 9.86. The second kappa shape index (κ2) is 5.94. The van der Waals surface area contributed by atoms with Gasteiger partial charge in [-0.1, -0.05) is 18.2 Å². The summed E-state index contributed by atoms with van der Waals surface area (Å²) in [5, 5.41) is 6.92. The molecule has 1 atom stereocenters. The number of nitrogens with one attached hydrogen (secondary N) is 1. The monoisotopic (exact) mass is 341 g/mol. The Bertz CT molecular complexity index is 747. The number of anilines is 2. The number of rotatable bonds is 2. The molecule has 4 rings (SSSR count). The Morgan fingerprint density at radius 3 is 2.75 bits per heavy atom. The molecular formula is C18H19N3O2S. The highest BCUT2D eigenvalue weighted by atomic mass is 32.1. The molecular weight excluding hydrogens is 322 g/mol. The van der Waals surface area contributed by atoms with Gasteiger partial charge in [0.25, 0.3) is 0 Å². The summed E-state index contributed by atoms with van der Waals surface area (Å²) in [6.45, 7) is 2.04. The lowest BCUT2D eigenvalue weighted by molar-refractivity contribution is -0.117. The van der Waals surface area contributed by atoms with Crippen LogP contribution in [-0.4, -0.2) is 36.5 Å². The van der Waals surface area contributed by atoms with Gasteiger partial charge < -0.3 is 15.1 Å². The Kier molecular flexibility index (Phi) is 3.76. The molecule has 2 saturated heterocycles. The second-order valence-corrected chi connectivity index (χ2v) is 7.39. The summed E-state index contributed by atoms with van der Waals surface area (Å²) in [7, 11) is 0. The van der Waals surface area contributed by atoms with Crippen molar-refractivity contribution in [2.24, 2.45) is 5.41 Å². The van der Waals surface area contributed by atoms with E-state index in [1.807, 2.05) is 57.0 Å². The molecule has 24 heavy (non-hydrogen) atoms. The van der Waals surface area contributed by atoms with E-state index in [0.29, 0.717) is 26.1 Å². The van der Waals surface area contributed by atoms with Gasteiger partial charge in [-0.2, -0.15) is 11.3 Å². The van der Waals surface area contributed by atoms with Crippen molar-refractivity contribution in [2.45, 2.75) is 12.8 Å². The average molecular weight is 341 g/mol. The van der Waals surface area contributed by atoms with Crippen LogP contribution < -0.4 is 10.2 Å². The van der Waals surface area contributed by atoms with E-state index in [-0.39, 0.29) is 17.4 Å². The molecule has 0 radical (unpaired) electrons. The lowest BCUT2D eigenvalue weighted by Crippen LogP contribution is -2.36. The van der Waals surface area contributed by atoms with Gasteiger partial charge in [0.15, 0.2) is 0 Å². The first-order valence-corrected chi connectivity index (χ1v) is 9.03. The zero-order valence-electron chi connectivity index (χ0n) is 13.3. The quantitative estimate of drug-likeness (QED) is 0.910. The van der Waals surface area contributed by atoms with Gasteiger partial charge in [0.1, 0.15) is 0 Å². The minimum absolute atomic E-state index is 0.0838. The van der Waals surface area contributed by atoms with Crippen molar-refractivity contribution in [3.05, 3.63) is 47.2 Å². The number of amides is 3. The van der Waals surface area contributed by atoms with Gasteiger partial charge in [-0.15, -0.1) is 0 Å².